The van der Waals surface area contributed by atoms with Crippen molar-refractivity contribution in [1.29, 1.82) is 0 Å². The number of fused-ring (bicyclic) bond motifs is 3. The molecule has 2 aromatic heterocycles. The van der Waals surface area contributed by atoms with Gasteiger partial charge in [-0.25, -0.2) is 0 Å². The smallest absolute Gasteiger partial charge is 0.0528 e. The Bertz CT molecular complexity index is 890. The molecular weight excluding hydrogens is 294 g/mol. The topological polar surface area (TPSA) is 21.1 Å². The van der Waals surface area contributed by atoms with Gasteiger partial charge in [0.05, 0.1) is 5.52 Å². The minimum absolute atomic E-state index is 1.06. The van der Waals surface area contributed by atoms with Gasteiger partial charge in [0.1, 0.15) is 0 Å². The summed E-state index contributed by atoms with van der Waals surface area (Å²) in [5.74, 6) is 0. The van der Waals surface area contributed by atoms with E-state index in [-0.39, 0.29) is 0 Å². The molecule has 122 valence electrons. The first-order valence-corrected chi connectivity index (χ1v) is 8.69. The number of likely N-dealkylation sites (N-methyl/N-ethyl adjacent to an activating group) is 1. The van der Waals surface area contributed by atoms with Gasteiger partial charge in [-0.3, -0.25) is 9.88 Å². The van der Waals surface area contributed by atoms with E-state index in [1.807, 2.05) is 12.4 Å². The van der Waals surface area contributed by atoms with Gasteiger partial charge in [0.15, 0.2) is 0 Å². The molecule has 0 atom stereocenters. The molecule has 3 aromatic rings. The van der Waals surface area contributed by atoms with E-state index in [1.165, 1.54) is 33.3 Å². The Morgan fingerprint density at radius 3 is 2.75 bits per heavy atom. The van der Waals surface area contributed by atoms with Crippen LogP contribution in [-0.2, 0) is 13.0 Å². The number of aromatic nitrogens is 2. The fourth-order valence-corrected chi connectivity index (χ4v) is 3.70. The van der Waals surface area contributed by atoms with Gasteiger partial charge in [0, 0.05) is 49.2 Å². The van der Waals surface area contributed by atoms with E-state index in [2.05, 4.69) is 70.9 Å². The number of hydrogen-bond acceptors (Lipinski definition) is 2. The van der Waals surface area contributed by atoms with Crippen molar-refractivity contribution in [3.05, 3.63) is 65.6 Å². The number of para-hydroxylation sites is 1. The molecule has 0 aliphatic carbocycles. The predicted octanol–water partition coefficient (Wildman–Crippen LogP) is 4.43. The van der Waals surface area contributed by atoms with Crippen molar-refractivity contribution in [2.24, 2.45) is 0 Å². The minimum Gasteiger partial charge on any atom is -0.320 e. The van der Waals surface area contributed by atoms with Gasteiger partial charge in [-0.1, -0.05) is 25.1 Å². The molecule has 1 aliphatic heterocycles. The first-order valence-electron chi connectivity index (χ1n) is 8.69. The van der Waals surface area contributed by atoms with Crippen molar-refractivity contribution in [1.82, 2.24) is 14.5 Å². The zero-order valence-corrected chi connectivity index (χ0v) is 14.4. The van der Waals surface area contributed by atoms with Crippen LogP contribution in [0.4, 0.5) is 0 Å². The van der Waals surface area contributed by atoms with Crippen LogP contribution in [0.2, 0.25) is 0 Å². The van der Waals surface area contributed by atoms with E-state index in [4.69, 9.17) is 0 Å². The van der Waals surface area contributed by atoms with Crippen molar-refractivity contribution in [3.63, 3.8) is 0 Å². The molecular formula is C21H23N3. The number of hydrogen-bond donors (Lipinski definition) is 0. The molecule has 0 radical (unpaired) electrons. The first kappa shape index (κ1) is 15.2. The van der Waals surface area contributed by atoms with Crippen LogP contribution >= 0.6 is 0 Å². The lowest BCUT2D eigenvalue weighted by molar-refractivity contribution is 0.267. The lowest BCUT2D eigenvalue weighted by atomic mass is 10.0. The fourth-order valence-electron chi connectivity index (χ4n) is 3.70. The summed E-state index contributed by atoms with van der Waals surface area (Å²) in [4.78, 5) is 6.65. The van der Waals surface area contributed by atoms with Crippen LogP contribution in [-0.4, -0.2) is 27.5 Å². The van der Waals surface area contributed by atoms with Crippen LogP contribution in [0.5, 0.6) is 0 Å². The van der Waals surface area contributed by atoms with Crippen LogP contribution < -0.4 is 0 Å². The van der Waals surface area contributed by atoms with Crippen molar-refractivity contribution in [3.8, 4) is 0 Å². The van der Waals surface area contributed by atoms with Gasteiger partial charge in [0.2, 0.25) is 0 Å². The summed E-state index contributed by atoms with van der Waals surface area (Å²) in [6.07, 6.45) is 7.11. The zero-order chi connectivity index (χ0) is 16.5. The largest absolute Gasteiger partial charge is 0.320 e. The van der Waals surface area contributed by atoms with E-state index >= 15 is 0 Å². The summed E-state index contributed by atoms with van der Waals surface area (Å²) in [6.45, 7) is 7.74. The van der Waals surface area contributed by atoms with Gasteiger partial charge < -0.3 is 4.57 Å². The second-order valence-electron chi connectivity index (χ2n) is 6.48. The molecule has 0 N–H and O–H groups in total. The third kappa shape index (κ3) is 2.55. The average Bonchev–Trinajstić information content (AvgIpc) is 2.96. The predicted molar refractivity (Wildman–Crippen MR) is 101 cm³/mol. The van der Waals surface area contributed by atoms with E-state index in [1.54, 1.807) is 0 Å². The maximum atomic E-state index is 4.12. The molecule has 3 heterocycles. The molecule has 24 heavy (non-hydrogen) atoms. The normalized spacial score (nSPS) is 15.7. The number of benzene rings is 1. The molecule has 1 aromatic carbocycles. The first-order chi connectivity index (χ1) is 11.8. The van der Waals surface area contributed by atoms with Crippen LogP contribution in [0.15, 0.2) is 48.8 Å². The fraction of sp³-hybridized carbons (Fsp3) is 0.286. The third-order valence-electron chi connectivity index (χ3n) is 5.08. The van der Waals surface area contributed by atoms with Crippen LogP contribution in [0, 0.1) is 0 Å². The summed E-state index contributed by atoms with van der Waals surface area (Å²) < 4.78 is 2.41. The van der Waals surface area contributed by atoms with Crippen LogP contribution in [0.25, 0.3) is 22.7 Å². The van der Waals surface area contributed by atoms with E-state index in [0.29, 0.717) is 0 Å². The Balaban J connectivity index is 1.87. The summed E-state index contributed by atoms with van der Waals surface area (Å²) in [6, 6.07) is 12.9. The van der Waals surface area contributed by atoms with Crippen molar-refractivity contribution in [2.75, 3.05) is 13.1 Å². The number of nitrogens with zero attached hydrogens (tertiary/aromatic N) is 3. The SMILES string of the molecule is CCN1CCc2c(c3ccccc3n2/C=C(/C)c2ccncc2)C1. The molecule has 3 nitrogen and oxygen atoms in total. The molecule has 4 rings (SSSR count). The summed E-state index contributed by atoms with van der Waals surface area (Å²) in [5, 5.41) is 1.39. The monoisotopic (exact) mass is 317 g/mol. The highest BCUT2D eigenvalue weighted by Gasteiger charge is 2.22. The Morgan fingerprint density at radius 2 is 1.96 bits per heavy atom. The Morgan fingerprint density at radius 1 is 1.17 bits per heavy atom. The van der Waals surface area contributed by atoms with Crippen LogP contribution in [0.1, 0.15) is 30.7 Å². The maximum absolute atomic E-state index is 4.12. The zero-order valence-electron chi connectivity index (χ0n) is 14.4. The molecule has 0 spiro atoms. The highest BCUT2D eigenvalue weighted by Crippen LogP contribution is 2.32. The van der Waals surface area contributed by atoms with E-state index < -0.39 is 0 Å². The lowest BCUT2D eigenvalue weighted by Gasteiger charge is -2.26. The maximum Gasteiger partial charge on any atom is 0.0528 e. The highest BCUT2D eigenvalue weighted by atomic mass is 15.1. The standard InChI is InChI=1S/C21H23N3/c1-3-23-13-10-21-19(15-23)18-6-4-5-7-20(18)24(21)14-16(2)17-8-11-22-12-9-17/h4-9,11-12,14H,3,10,13,15H2,1-2H3/b16-14-. The summed E-state index contributed by atoms with van der Waals surface area (Å²) in [5.41, 5.74) is 6.77. The number of pyridine rings is 1. The second kappa shape index (κ2) is 6.25. The molecule has 0 saturated carbocycles. The molecule has 0 amide bonds. The molecule has 0 fully saturated rings. The Hall–Kier alpha value is -2.39. The summed E-state index contributed by atoms with van der Waals surface area (Å²) in [7, 11) is 0. The number of allylic oxidation sites excluding steroid dienone is 1. The molecule has 1 aliphatic rings. The van der Waals surface area contributed by atoms with Gasteiger partial charge in [-0.15, -0.1) is 0 Å². The van der Waals surface area contributed by atoms with Gasteiger partial charge in [-0.2, -0.15) is 0 Å². The van der Waals surface area contributed by atoms with Crippen molar-refractivity contribution in [2.45, 2.75) is 26.8 Å². The molecule has 0 saturated heterocycles. The Labute approximate surface area is 143 Å². The second-order valence-corrected chi connectivity index (χ2v) is 6.48. The number of rotatable bonds is 3. The van der Waals surface area contributed by atoms with Gasteiger partial charge in [0.25, 0.3) is 0 Å². The summed E-state index contributed by atoms with van der Waals surface area (Å²) >= 11 is 0. The molecule has 3 heteroatoms. The van der Waals surface area contributed by atoms with Crippen LogP contribution in [0.3, 0.4) is 0 Å². The quantitative estimate of drug-likeness (QED) is 0.712. The average molecular weight is 317 g/mol. The van der Waals surface area contributed by atoms with Gasteiger partial charge >= 0.3 is 0 Å². The third-order valence-corrected chi connectivity index (χ3v) is 5.08. The van der Waals surface area contributed by atoms with E-state index in [9.17, 15) is 0 Å². The molecule has 0 unspecified atom stereocenters. The highest BCUT2D eigenvalue weighted by molar-refractivity contribution is 5.89. The Kier molecular flexibility index (Phi) is 3.95. The lowest BCUT2D eigenvalue weighted by Crippen LogP contribution is -2.30. The van der Waals surface area contributed by atoms with Crippen molar-refractivity contribution < 1.29 is 0 Å². The minimum atomic E-state index is 1.06. The van der Waals surface area contributed by atoms with Gasteiger partial charge in [-0.05, 0) is 48.4 Å². The van der Waals surface area contributed by atoms with E-state index in [0.717, 1.165) is 26.1 Å². The van der Waals surface area contributed by atoms with Crippen molar-refractivity contribution >= 4 is 22.7 Å². The molecule has 0 bridgehead atoms.